The predicted molar refractivity (Wildman–Crippen MR) is 142 cm³/mol. The minimum Gasteiger partial charge on any atom is -0.486 e. The molecular weight excluding hydrogens is 450 g/mol. The Labute approximate surface area is 211 Å². The summed E-state index contributed by atoms with van der Waals surface area (Å²) in [5.74, 6) is 1.50. The summed E-state index contributed by atoms with van der Waals surface area (Å²) in [5, 5.41) is 0.876. The lowest BCUT2D eigenvalue weighted by Gasteiger charge is -2.37. The van der Waals surface area contributed by atoms with Crippen LogP contribution in [0.25, 0.3) is 22.2 Å². The zero-order valence-electron chi connectivity index (χ0n) is 20.7. The highest BCUT2D eigenvalue weighted by Crippen LogP contribution is 2.35. The molecule has 0 radical (unpaired) electrons. The zero-order valence-corrected chi connectivity index (χ0v) is 20.7. The van der Waals surface area contributed by atoms with E-state index in [1.165, 1.54) is 16.8 Å². The molecule has 36 heavy (non-hydrogen) atoms. The van der Waals surface area contributed by atoms with Crippen molar-refractivity contribution in [2.24, 2.45) is 0 Å². The molecule has 6 nitrogen and oxygen atoms in total. The molecular formula is C30H29N3O3. The molecule has 2 aliphatic heterocycles. The average molecular weight is 480 g/mol. The molecule has 2 aliphatic rings. The topological polar surface area (TPSA) is 54.9 Å². The van der Waals surface area contributed by atoms with Crippen LogP contribution in [0.4, 0.5) is 5.69 Å². The van der Waals surface area contributed by atoms with Crippen LogP contribution in [0.1, 0.15) is 21.5 Å². The number of carbonyl (C=O) groups is 1. The highest BCUT2D eigenvalue weighted by Gasteiger charge is 2.25. The van der Waals surface area contributed by atoms with Crippen LogP contribution in [0.15, 0.2) is 66.7 Å². The summed E-state index contributed by atoms with van der Waals surface area (Å²) >= 11 is 0. The summed E-state index contributed by atoms with van der Waals surface area (Å²) < 4.78 is 11.4. The van der Waals surface area contributed by atoms with Gasteiger partial charge in [0, 0.05) is 42.8 Å². The molecule has 1 saturated heterocycles. The lowest BCUT2D eigenvalue weighted by molar-refractivity contribution is 0.0748. The summed E-state index contributed by atoms with van der Waals surface area (Å²) in [6.07, 6.45) is 0. The van der Waals surface area contributed by atoms with Gasteiger partial charge in [0.15, 0.2) is 11.5 Å². The van der Waals surface area contributed by atoms with Crippen LogP contribution in [0.5, 0.6) is 11.5 Å². The van der Waals surface area contributed by atoms with Gasteiger partial charge in [0.1, 0.15) is 13.2 Å². The van der Waals surface area contributed by atoms with Gasteiger partial charge in [-0.25, -0.2) is 4.98 Å². The molecule has 0 unspecified atom stereocenters. The lowest BCUT2D eigenvalue weighted by Crippen LogP contribution is -2.49. The van der Waals surface area contributed by atoms with E-state index in [1.54, 1.807) is 0 Å². The number of fused-ring (bicyclic) bond motifs is 2. The van der Waals surface area contributed by atoms with Crippen LogP contribution in [0.2, 0.25) is 0 Å². The van der Waals surface area contributed by atoms with Crippen LogP contribution in [-0.4, -0.2) is 55.2 Å². The second-order valence-electron chi connectivity index (χ2n) is 9.43. The van der Waals surface area contributed by atoms with Crippen molar-refractivity contribution in [3.05, 3.63) is 83.4 Å². The number of aryl methyl sites for hydroxylation is 1. The number of piperazine rings is 1. The van der Waals surface area contributed by atoms with E-state index in [0.29, 0.717) is 37.6 Å². The molecule has 1 amide bonds. The van der Waals surface area contributed by atoms with Crippen LogP contribution < -0.4 is 14.4 Å². The van der Waals surface area contributed by atoms with E-state index in [4.69, 9.17) is 14.5 Å². The van der Waals surface area contributed by atoms with Gasteiger partial charge in [-0.05, 0) is 61.4 Å². The average Bonchev–Trinajstić information content (AvgIpc) is 2.93. The summed E-state index contributed by atoms with van der Waals surface area (Å²) in [5.41, 5.74) is 7.01. The fourth-order valence-corrected chi connectivity index (χ4v) is 5.10. The second-order valence-corrected chi connectivity index (χ2v) is 9.43. The highest BCUT2D eigenvalue weighted by molar-refractivity contribution is 6.07. The molecule has 0 saturated carbocycles. The minimum atomic E-state index is 0.0491. The Kier molecular flexibility index (Phi) is 5.72. The highest BCUT2D eigenvalue weighted by atomic mass is 16.6. The third kappa shape index (κ3) is 4.02. The smallest absolute Gasteiger partial charge is 0.254 e. The summed E-state index contributed by atoms with van der Waals surface area (Å²) in [6.45, 7) is 8.39. The van der Waals surface area contributed by atoms with Crippen molar-refractivity contribution in [2.45, 2.75) is 13.8 Å². The lowest BCUT2D eigenvalue weighted by atomic mass is 10.0. The molecule has 6 heteroatoms. The number of rotatable bonds is 3. The number of hydrogen-bond donors (Lipinski definition) is 0. The predicted octanol–water partition coefficient (Wildman–Crippen LogP) is 5.25. The number of pyridine rings is 1. The number of aromatic nitrogens is 1. The third-order valence-electron chi connectivity index (χ3n) is 7.27. The first-order valence-electron chi connectivity index (χ1n) is 12.5. The normalized spacial score (nSPS) is 15.3. The molecule has 6 rings (SSSR count). The SMILES string of the molecule is Cc1cccc(N2CCN(C(=O)c3cc(-c4ccc5c(c4)OCCO5)nc4ccccc34)CC2)c1C. The van der Waals surface area contributed by atoms with Gasteiger partial charge in [0.2, 0.25) is 0 Å². The molecule has 3 aromatic carbocycles. The standard InChI is InChI=1S/C30H29N3O3/c1-20-6-5-9-27(21(20)2)32-12-14-33(15-13-32)30(34)24-19-26(31-25-8-4-3-7-23(24)25)22-10-11-28-29(18-22)36-17-16-35-28/h3-11,18-19H,12-17H2,1-2H3. The van der Waals surface area contributed by atoms with E-state index < -0.39 is 0 Å². The molecule has 0 aliphatic carbocycles. The van der Waals surface area contributed by atoms with Crippen molar-refractivity contribution in [3.8, 4) is 22.8 Å². The molecule has 182 valence electrons. The van der Waals surface area contributed by atoms with Gasteiger partial charge in [0.05, 0.1) is 16.8 Å². The van der Waals surface area contributed by atoms with Crippen molar-refractivity contribution in [1.29, 1.82) is 0 Å². The molecule has 0 bridgehead atoms. The van der Waals surface area contributed by atoms with E-state index in [-0.39, 0.29) is 5.91 Å². The maximum Gasteiger partial charge on any atom is 0.254 e. The number of benzene rings is 3. The molecule has 0 N–H and O–H groups in total. The number of nitrogens with zero attached hydrogens (tertiary/aromatic N) is 3. The first-order chi connectivity index (χ1) is 17.6. The first-order valence-corrected chi connectivity index (χ1v) is 12.5. The van der Waals surface area contributed by atoms with Gasteiger partial charge < -0.3 is 19.3 Å². The summed E-state index contributed by atoms with van der Waals surface area (Å²) in [4.78, 5) is 23.1. The van der Waals surface area contributed by atoms with Crippen LogP contribution in [-0.2, 0) is 0 Å². The van der Waals surface area contributed by atoms with Gasteiger partial charge in [-0.15, -0.1) is 0 Å². The van der Waals surface area contributed by atoms with Crippen LogP contribution >= 0.6 is 0 Å². The Bertz CT molecular complexity index is 1460. The van der Waals surface area contributed by atoms with E-state index >= 15 is 0 Å². The van der Waals surface area contributed by atoms with E-state index in [2.05, 4.69) is 36.9 Å². The van der Waals surface area contributed by atoms with Gasteiger partial charge in [-0.2, -0.15) is 0 Å². The number of anilines is 1. The van der Waals surface area contributed by atoms with Crippen molar-refractivity contribution in [3.63, 3.8) is 0 Å². The summed E-state index contributed by atoms with van der Waals surface area (Å²) in [7, 11) is 0. The van der Waals surface area contributed by atoms with Gasteiger partial charge in [-0.1, -0.05) is 30.3 Å². The van der Waals surface area contributed by atoms with Crippen molar-refractivity contribution >= 4 is 22.5 Å². The second kappa shape index (κ2) is 9.19. The molecule has 0 atom stereocenters. The fraction of sp³-hybridized carbons (Fsp3) is 0.267. The fourth-order valence-electron chi connectivity index (χ4n) is 5.10. The molecule has 4 aromatic rings. The Balaban J connectivity index is 1.30. The van der Waals surface area contributed by atoms with E-state index in [1.807, 2.05) is 53.4 Å². The number of hydrogen-bond acceptors (Lipinski definition) is 5. The van der Waals surface area contributed by atoms with Crippen LogP contribution in [0, 0.1) is 13.8 Å². The Morgan fingerprint density at radius 1 is 0.833 bits per heavy atom. The Hall–Kier alpha value is -4.06. The number of para-hydroxylation sites is 1. The number of carbonyl (C=O) groups excluding carboxylic acids is 1. The third-order valence-corrected chi connectivity index (χ3v) is 7.27. The molecule has 0 spiro atoms. The minimum absolute atomic E-state index is 0.0491. The van der Waals surface area contributed by atoms with Crippen molar-refractivity contribution < 1.29 is 14.3 Å². The molecule has 1 aromatic heterocycles. The van der Waals surface area contributed by atoms with Crippen molar-refractivity contribution in [1.82, 2.24) is 9.88 Å². The Morgan fingerprint density at radius 3 is 2.44 bits per heavy atom. The van der Waals surface area contributed by atoms with Crippen LogP contribution in [0.3, 0.4) is 0 Å². The van der Waals surface area contributed by atoms with E-state index in [0.717, 1.165) is 41.0 Å². The van der Waals surface area contributed by atoms with Gasteiger partial charge >= 0.3 is 0 Å². The number of ether oxygens (including phenoxy) is 2. The van der Waals surface area contributed by atoms with Gasteiger partial charge in [0.25, 0.3) is 5.91 Å². The van der Waals surface area contributed by atoms with Gasteiger partial charge in [-0.3, -0.25) is 4.79 Å². The maximum absolute atomic E-state index is 13.8. The number of amides is 1. The Morgan fingerprint density at radius 2 is 1.61 bits per heavy atom. The molecule has 3 heterocycles. The summed E-state index contributed by atoms with van der Waals surface area (Å²) in [6, 6.07) is 22.1. The van der Waals surface area contributed by atoms with Crippen molar-refractivity contribution in [2.75, 3.05) is 44.3 Å². The maximum atomic E-state index is 13.8. The zero-order chi connectivity index (χ0) is 24.6. The molecule has 1 fully saturated rings. The largest absolute Gasteiger partial charge is 0.486 e. The monoisotopic (exact) mass is 479 g/mol. The first kappa shape index (κ1) is 22.4. The quantitative estimate of drug-likeness (QED) is 0.402. The van der Waals surface area contributed by atoms with E-state index in [9.17, 15) is 4.79 Å².